The molecule has 0 fully saturated rings. The molecule has 0 unspecified atom stereocenters. The van der Waals surface area contributed by atoms with Crippen molar-refractivity contribution < 1.29 is 14.7 Å². The minimum Gasteiger partial charge on any atom is -0.481 e. The number of amides is 1. The topological polar surface area (TPSA) is 86.3 Å². The molecular formula is C20H21N3O3S. The third-order valence-electron chi connectivity index (χ3n) is 4.15. The first-order valence-electron chi connectivity index (χ1n) is 8.69. The zero-order valence-electron chi connectivity index (χ0n) is 15.0. The van der Waals surface area contributed by atoms with Crippen molar-refractivity contribution in [2.24, 2.45) is 0 Å². The summed E-state index contributed by atoms with van der Waals surface area (Å²) in [5.74, 6) is -1.01. The van der Waals surface area contributed by atoms with Crippen LogP contribution in [0.5, 0.6) is 0 Å². The first-order valence-corrected chi connectivity index (χ1v) is 9.57. The smallest absolute Gasteiger partial charge is 0.303 e. The van der Waals surface area contributed by atoms with Gasteiger partial charge >= 0.3 is 5.97 Å². The predicted molar refractivity (Wildman–Crippen MR) is 105 cm³/mol. The maximum Gasteiger partial charge on any atom is 0.303 e. The molecule has 6 nitrogen and oxygen atoms in total. The Bertz CT molecular complexity index is 917. The van der Waals surface area contributed by atoms with Gasteiger partial charge in [-0.1, -0.05) is 30.3 Å². The lowest BCUT2D eigenvalue weighted by Crippen LogP contribution is -2.32. The fourth-order valence-corrected chi connectivity index (χ4v) is 3.43. The Kier molecular flexibility index (Phi) is 6.03. The second kappa shape index (κ2) is 8.64. The molecule has 3 aromatic rings. The number of hydrogen-bond acceptors (Lipinski definition) is 4. The molecule has 0 radical (unpaired) electrons. The molecule has 3 rings (SSSR count). The maximum atomic E-state index is 13.0. The molecule has 140 valence electrons. The van der Waals surface area contributed by atoms with Gasteiger partial charge in [-0.2, -0.15) is 0 Å². The van der Waals surface area contributed by atoms with Gasteiger partial charge in [-0.3, -0.25) is 9.59 Å². The highest BCUT2D eigenvalue weighted by atomic mass is 32.1. The van der Waals surface area contributed by atoms with E-state index in [1.807, 2.05) is 42.6 Å². The summed E-state index contributed by atoms with van der Waals surface area (Å²) in [5.41, 5.74) is 3.19. The number of H-pyrrole nitrogens is 1. The minimum absolute atomic E-state index is 0.0344. The standard InChI is InChI=1S/C20H21N3O3S/c1-14-22-18(13-27-14)16-10-17(21-11-16)20(26)23(9-5-8-19(24)25)12-15-6-3-2-4-7-15/h2-4,6-7,10-11,13,21H,5,8-9,12H2,1H3,(H,24,25). The molecule has 2 heterocycles. The van der Waals surface area contributed by atoms with Crippen LogP contribution in [0.15, 0.2) is 48.0 Å². The number of aromatic nitrogens is 2. The highest BCUT2D eigenvalue weighted by Crippen LogP contribution is 2.23. The molecule has 1 aromatic carbocycles. The second-order valence-corrected chi connectivity index (χ2v) is 7.33. The summed E-state index contributed by atoms with van der Waals surface area (Å²) < 4.78 is 0. The summed E-state index contributed by atoms with van der Waals surface area (Å²) in [7, 11) is 0. The molecule has 27 heavy (non-hydrogen) atoms. The largest absolute Gasteiger partial charge is 0.481 e. The SMILES string of the molecule is Cc1nc(-c2c[nH]c(C(=O)N(CCCC(=O)O)Cc3ccccc3)c2)cs1. The van der Waals surface area contributed by atoms with Gasteiger partial charge in [-0.05, 0) is 25.0 Å². The zero-order chi connectivity index (χ0) is 19.2. The molecule has 2 aromatic heterocycles. The van der Waals surface area contributed by atoms with Crippen LogP contribution in [0, 0.1) is 6.92 Å². The minimum atomic E-state index is -0.858. The van der Waals surface area contributed by atoms with Crippen molar-refractivity contribution in [2.45, 2.75) is 26.3 Å². The first kappa shape index (κ1) is 18.8. The number of carboxylic acid groups (broad SMARTS) is 1. The van der Waals surface area contributed by atoms with Gasteiger partial charge in [0.15, 0.2) is 0 Å². The van der Waals surface area contributed by atoms with Gasteiger partial charge < -0.3 is 15.0 Å². The van der Waals surface area contributed by atoms with Crippen LogP contribution in [0.4, 0.5) is 0 Å². The molecule has 0 saturated heterocycles. The Morgan fingerprint density at radius 1 is 1.26 bits per heavy atom. The van der Waals surface area contributed by atoms with Gasteiger partial charge in [0.25, 0.3) is 5.91 Å². The van der Waals surface area contributed by atoms with Gasteiger partial charge in [0, 0.05) is 36.7 Å². The van der Waals surface area contributed by atoms with Gasteiger partial charge in [-0.25, -0.2) is 4.98 Å². The van der Waals surface area contributed by atoms with Crippen molar-refractivity contribution in [1.29, 1.82) is 0 Å². The van der Waals surface area contributed by atoms with E-state index in [0.29, 0.717) is 25.2 Å². The zero-order valence-corrected chi connectivity index (χ0v) is 15.8. The van der Waals surface area contributed by atoms with Crippen LogP contribution in [0.2, 0.25) is 0 Å². The highest BCUT2D eigenvalue weighted by molar-refractivity contribution is 7.09. The molecular weight excluding hydrogens is 362 g/mol. The third-order valence-corrected chi connectivity index (χ3v) is 4.92. The van der Waals surface area contributed by atoms with Crippen molar-refractivity contribution in [3.8, 4) is 11.3 Å². The van der Waals surface area contributed by atoms with E-state index in [1.54, 1.807) is 28.5 Å². The van der Waals surface area contributed by atoms with Crippen molar-refractivity contribution in [1.82, 2.24) is 14.9 Å². The summed E-state index contributed by atoms with van der Waals surface area (Å²) in [6.45, 7) is 2.75. The van der Waals surface area contributed by atoms with E-state index in [4.69, 9.17) is 5.11 Å². The van der Waals surface area contributed by atoms with Crippen LogP contribution in [0.25, 0.3) is 11.3 Å². The molecule has 0 spiro atoms. The average Bonchev–Trinajstić information content (AvgIpc) is 3.30. The fraction of sp³-hybridized carbons (Fsp3) is 0.250. The Labute approximate surface area is 161 Å². The molecule has 0 aliphatic heterocycles. The highest BCUT2D eigenvalue weighted by Gasteiger charge is 2.19. The Hall–Kier alpha value is -2.93. The molecule has 7 heteroatoms. The number of carboxylic acids is 1. The average molecular weight is 383 g/mol. The van der Waals surface area contributed by atoms with Crippen molar-refractivity contribution in [2.75, 3.05) is 6.54 Å². The van der Waals surface area contributed by atoms with Crippen LogP contribution >= 0.6 is 11.3 Å². The molecule has 2 N–H and O–H groups in total. The van der Waals surface area contributed by atoms with Gasteiger partial charge in [-0.15, -0.1) is 11.3 Å². The first-order chi connectivity index (χ1) is 13.0. The third kappa shape index (κ3) is 5.04. The molecule has 0 saturated carbocycles. The monoisotopic (exact) mass is 383 g/mol. The summed E-state index contributed by atoms with van der Waals surface area (Å²) in [4.78, 5) is 33.0. The van der Waals surface area contributed by atoms with Crippen LogP contribution in [0.3, 0.4) is 0 Å². The Balaban J connectivity index is 1.77. The molecule has 1 amide bonds. The van der Waals surface area contributed by atoms with E-state index in [-0.39, 0.29) is 12.3 Å². The number of rotatable bonds is 8. The van der Waals surface area contributed by atoms with Crippen LogP contribution < -0.4 is 0 Å². The number of aromatic amines is 1. The van der Waals surface area contributed by atoms with E-state index in [1.165, 1.54) is 0 Å². The number of hydrogen-bond donors (Lipinski definition) is 2. The van der Waals surface area contributed by atoms with Crippen LogP contribution in [-0.4, -0.2) is 38.4 Å². The van der Waals surface area contributed by atoms with E-state index in [9.17, 15) is 9.59 Å². The van der Waals surface area contributed by atoms with Crippen LogP contribution in [0.1, 0.15) is 33.9 Å². The Morgan fingerprint density at radius 3 is 2.70 bits per heavy atom. The predicted octanol–water partition coefficient (Wildman–Crippen LogP) is 3.95. The number of benzene rings is 1. The number of carbonyl (C=O) groups excluding carboxylic acids is 1. The lowest BCUT2D eigenvalue weighted by Gasteiger charge is -2.22. The van der Waals surface area contributed by atoms with Crippen molar-refractivity contribution >= 4 is 23.2 Å². The van der Waals surface area contributed by atoms with E-state index >= 15 is 0 Å². The summed E-state index contributed by atoms with van der Waals surface area (Å²) >= 11 is 1.56. The van der Waals surface area contributed by atoms with Gasteiger partial charge in [0.05, 0.1) is 10.7 Å². The van der Waals surface area contributed by atoms with Crippen molar-refractivity contribution in [3.05, 3.63) is 64.2 Å². The number of aliphatic carboxylic acids is 1. The second-order valence-electron chi connectivity index (χ2n) is 6.26. The maximum absolute atomic E-state index is 13.0. The lowest BCUT2D eigenvalue weighted by molar-refractivity contribution is -0.137. The summed E-state index contributed by atoms with van der Waals surface area (Å²) in [6.07, 6.45) is 2.22. The quantitative estimate of drug-likeness (QED) is 0.617. The molecule has 0 aliphatic carbocycles. The Morgan fingerprint density at radius 2 is 2.04 bits per heavy atom. The fourth-order valence-electron chi connectivity index (χ4n) is 2.81. The number of nitrogens with zero attached hydrogens (tertiary/aromatic N) is 2. The van der Waals surface area contributed by atoms with E-state index in [2.05, 4.69) is 9.97 Å². The summed E-state index contributed by atoms with van der Waals surface area (Å²) in [6, 6.07) is 11.5. The number of carbonyl (C=O) groups is 2. The van der Waals surface area contributed by atoms with Crippen molar-refractivity contribution in [3.63, 3.8) is 0 Å². The lowest BCUT2D eigenvalue weighted by atomic mass is 10.2. The van der Waals surface area contributed by atoms with Gasteiger partial charge in [0.1, 0.15) is 5.69 Å². The molecule has 0 aliphatic rings. The molecule has 0 bridgehead atoms. The van der Waals surface area contributed by atoms with E-state index in [0.717, 1.165) is 21.8 Å². The van der Waals surface area contributed by atoms with E-state index < -0.39 is 5.97 Å². The number of thiazole rings is 1. The van der Waals surface area contributed by atoms with Gasteiger partial charge in [0.2, 0.25) is 0 Å². The molecule has 0 atom stereocenters. The summed E-state index contributed by atoms with van der Waals surface area (Å²) in [5, 5.41) is 11.8. The number of nitrogens with one attached hydrogen (secondary N) is 1. The number of aryl methyl sites for hydroxylation is 1. The normalized spacial score (nSPS) is 10.7. The van der Waals surface area contributed by atoms with Crippen LogP contribution in [-0.2, 0) is 11.3 Å².